The van der Waals surface area contributed by atoms with E-state index in [2.05, 4.69) is 15.3 Å². The molecule has 1 unspecified atom stereocenters. The first-order valence-electron chi connectivity index (χ1n) is 12.9. The summed E-state index contributed by atoms with van der Waals surface area (Å²) in [5.41, 5.74) is -0.709. The first-order chi connectivity index (χ1) is 18.5. The Labute approximate surface area is 231 Å². The van der Waals surface area contributed by atoms with Crippen molar-refractivity contribution in [2.45, 2.75) is 76.2 Å². The number of carbonyl (C=O) groups is 1. The van der Waals surface area contributed by atoms with Crippen LogP contribution in [0.4, 0.5) is 13.2 Å². The zero-order valence-electron chi connectivity index (χ0n) is 23.0. The first kappa shape index (κ1) is 29.7. The maximum atomic E-state index is 14.3. The van der Waals surface area contributed by atoms with Crippen molar-refractivity contribution in [3.05, 3.63) is 76.1 Å². The first-order valence-corrected chi connectivity index (χ1v) is 14.8. The highest BCUT2D eigenvalue weighted by atomic mass is 32.2. The van der Waals surface area contributed by atoms with Crippen molar-refractivity contribution >= 4 is 15.7 Å². The normalized spacial score (nSPS) is 15.2. The average Bonchev–Trinajstić information content (AvgIpc) is 3.65. The van der Waals surface area contributed by atoms with Gasteiger partial charge in [0.15, 0.2) is 9.84 Å². The maximum absolute atomic E-state index is 14.3. The standard InChI is InChI=1S/C28H33F3N4O4S/c1-16-23(25(37)33-13-19-11-12-20(14-32-19)40(5,38)39)34-26(27(2,3)4)35(16)15-18-7-6-8-21(22(18)28(29,30)31)24(36)17-9-10-17/h6-8,11-12,14,17,24,36H,9-10,13,15H2,1-5H3,(H,33,37). The second-order valence-corrected chi connectivity index (χ2v) is 13.3. The number of carbonyl (C=O) groups excluding carboxylic acids is 1. The van der Waals surface area contributed by atoms with Crippen molar-refractivity contribution in [2.75, 3.05) is 6.26 Å². The fraction of sp³-hybridized carbons (Fsp3) is 0.464. The van der Waals surface area contributed by atoms with Crippen LogP contribution in [-0.2, 0) is 34.5 Å². The molecule has 1 aromatic carbocycles. The second-order valence-electron chi connectivity index (χ2n) is 11.3. The molecule has 40 heavy (non-hydrogen) atoms. The van der Waals surface area contributed by atoms with E-state index in [0.29, 0.717) is 30.1 Å². The van der Waals surface area contributed by atoms with Crippen molar-refractivity contribution in [2.24, 2.45) is 5.92 Å². The molecule has 1 amide bonds. The van der Waals surface area contributed by atoms with E-state index in [1.807, 2.05) is 20.8 Å². The molecule has 8 nitrogen and oxygen atoms in total. The summed E-state index contributed by atoms with van der Waals surface area (Å²) in [5, 5.41) is 13.3. The second kappa shape index (κ2) is 10.6. The van der Waals surface area contributed by atoms with Crippen molar-refractivity contribution in [3.63, 3.8) is 0 Å². The number of hydrogen-bond acceptors (Lipinski definition) is 6. The van der Waals surface area contributed by atoms with Gasteiger partial charge in [0, 0.05) is 30.1 Å². The van der Waals surface area contributed by atoms with Gasteiger partial charge >= 0.3 is 6.18 Å². The fourth-order valence-electron chi connectivity index (χ4n) is 4.68. The third-order valence-corrected chi connectivity index (χ3v) is 8.04. The summed E-state index contributed by atoms with van der Waals surface area (Å²) in [7, 11) is -3.41. The molecule has 2 heterocycles. The topological polar surface area (TPSA) is 114 Å². The molecule has 2 aromatic heterocycles. The number of nitrogens with zero attached hydrogens (tertiary/aromatic N) is 3. The van der Waals surface area contributed by atoms with Crippen LogP contribution in [0.15, 0.2) is 41.4 Å². The van der Waals surface area contributed by atoms with Crippen LogP contribution in [0.1, 0.15) is 84.1 Å². The van der Waals surface area contributed by atoms with E-state index < -0.39 is 39.0 Å². The monoisotopic (exact) mass is 578 g/mol. The Morgan fingerprint density at radius 1 is 1.18 bits per heavy atom. The van der Waals surface area contributed by atoms with Gasteiger partial charge in [-0.3, -0.25) is 9.78 Å². The minimum atomic E-state index is -4.68. The van der Waals surface area contributed by atoms with Gasteiger partial charge in [-0.2, -0.15) is 13.2 Å². The Morgan fingerprint density at radius 2 is 1.85 bits per heavy atom. The molecule has 3 aromatic rings. The molecule has 1 aliphatic carbocycles. The summed E-state index contributed by atoms with van der Waals surface area (Å²) in [6.45, 7) is 7.02. The van der Waals surface area contributed by atoms with Crippen LogP contribution in [0, 0.1) is 12.8 Å². The number of pyridine rings is 1. The van der Waals surface area contributed by atoms with E-state index in [1.165, 1.54) is 36.5 Å². The number of amides is 1. The summed E-state index contributed by atoms with van der Waals surface area (Å²) in [4.78, 5) is 21.8. The zero-order chi connectivity index (χ0) is 29.6. The zero-order valence-corrected chi connectivity index (χ0v) is 23.8. The third-order valence-electron chi connectivity index (χ3n) is 6.94. The lowest BCUT2D eigenvalue weighted by molar-refractivity contribution is -0.140. The largest absolute Gasteiger partial charge is 0.417 e. The lowest BCUT2D eigenvalue weighted by Gasteiger charge is -2.24. The maximum Gasteiger partial charge on any atom is 0.417 e. The molecule has 2 N–H and O–H groups in total. The minimum Gasteiger partial charge on any atom is -0.388 e. The van der Waals surface area contributed by atoms with Crippen LogP contribution < -0.4 is 5.32 Å². The quantitative estimate of drug-likeness (QED) is 0.400. The molecule has 12 heteroatoms. The van der Waals surface area contributed by atoms with E-state index >= 15 is 0 Å². The Balaban J connectivity index is 1.66. The highest BCUT2D eigenvalue weighted by Crippen LogP contribution is 2.46. The Morgan fingerprint density at radius 3 is 2.38 bits per heavy atom. The van der Waals surface area contributed by atoms with Gasteiger partial charge in [-0.25, -0.2) is 13.4 Å². The highest BCUT2D eigenvalue weighted by molar-refractivity contribution is 7.90. The lowest BCUT2D eigenvalue weighted by Crippen LogP contribution is -2.24. The molecule has 0 spiro atoms. The third kappa shape index (κ3) is 6.38. The number of nitrogens with one attached hydrogen (secondary N) is 1. The SMILES string of the molecule is Cc1c(C(=O)NCc2ccc(S(C)(=O)=O)cn2)nc(C(C)(C)C)n1Cc1cccc(C(O)C2CC2)c1C(F)(F)F. The lowest BCUT2D eigenvalue weighted by atomic mass is 9.93. The van der Waals surface area contributed by atoms with Gasteiger partial charge in [-0.05, 0) is 48.9 Å². The minimum absolute atomic E-state index is 0.000646. The van der Waals surface area contributed by atoms with Crippen LogP contribution >= 0.6 is 0 Å². The van der Waals surface area contributed by atoms with Crippen LogP contribution in [0.5, 0.6) is 0 Å². The number of imidazole rings is 1. The Bertz CT molecular complexity index is 1520. The van der Waals surface area contributed by atoms with Crippen molar-refractivity contribution < 1.29 is 31.5 Å². The molecule has 0 aliphatic heterocycles. The smallest absolute Gasteiger partial charge is 0.388 e. The van der Waals surface area contributed by atoms with E-state index in [4.69, 9.17) is 0 Å². The molecule has 1 aliphatic rings. The van der Waals surface area contributed by atoms with E-state index in [0.717, 1.165) is 6.26 Å². The molecule has 216 valence electrons. The van der Waals surface area contributed by atoms with Gasteiger partial charge in [0.05, 0.1) is 28.8 Å². The summed E-state index contributed by atoms with van der Waals surface area (Å²) < 4.78 is 67.9. The van der Waals surface area contributed by atoms with Crippen molar-refractivity contribution in [1.82, 2.24) is 19.9 Å². The van der Waals surface area contributed by atoms with Crippen LogP contribution in [-0.4, -0.2) is 40.2 Å². The summed E-state index contributed by atoms with van der Waals surface area (Å²) in [6.07, 6.45) is -2.22. The van der Waals surface area contributed by atoms with Gasteiger partial charge in [0.2, 0.25) is 0 Å². The Kier molecular flexibility index (Phi) is 7.89. The number of halogens is 3. The van der Waals surface area contributed by atoms with Gasteiger partial charge < -0.3 is 15.0 Å². The fourth-order valence-corrected chi connectivity index (χ4v) is 5.24. The van der Waals surface area contributed by atoms with Gasteiger partial charge in [0.1, 0.15) is 11.5 Å². The van der Waals surface area contributed by atoms with Gasteiger partial charge in [-0.1, -0.05) is 39.0 Å². The summed E-state index contributed by atoms with van der Waals surface area (Å²) in [5.74, 6) is -0.277. The molecule has 1 fully saturated rings. The molecule has 1 saturated carbocycles. The summed E-state index contributed by atoms with van der Waals surface area (Å²) in [6, 6.07) is 7.13. The predicted octanol–water partition coefficient (Wildman–Crippen LogP) is 4.73. The predicted molar refractivity (Wildman–Crippen MR) is 142 cm³/mol. The van der Waals surface area contributed by atoms with Gasteiger partial charge in [-0.15, -0.1) is 0 Å². The number of rotatable bonds is 8. The molecule has 0 bridgehead atoms. The molecular formula is C28H33F3N4O4S. The van der Waals surface area contributed by atoms with Crippen molar-refractivity contribution in [1.29, 1.82) is 0 Å². The van der Waals surface area contributed by atoms with Crippen LogP contribution in [0.2, 0.25) is 0 Å². The van der Waals surface area contributed by atoms with E-state index in [9.17, 15) is 31.5 Å². The molecule has 0 radical (unpaired) electrons. The number of aromatic nitrogens is 3. The Hall–Kier alpha value is -3.25. The highest BCUT2D eigenvalue weighted by Gasteiger charge is 2.41. The number of benzene rings is 1. The van der Waals surface area contributed by atoms with Crippen molar-refractivity contribution in [3.8, 4) is 0 Å². The number of hydrogen-bond donors (Lipinski definition) is 2. The molecular weight excluding hydrogens is 545 g/mol. The number of alkyl halides is 3. The number of aliphatic hydroxyl groups excluding tert-OH is 1. The van der Waals surface area contributed by atoms with E-state index in [-0.39, 0.29) is 40.7 Å². The molecule has 4 rings (SSSR count). The van der Waals surface area contributed by atoms with Crippen LogP contribution in [0.25, 0.3) is 0 Å². The number of sulfone groups is 1. The van der Waals surface area contributed by atoms with Crippen LogP contribution in [0.3, 0.4) is 0 Å². The van der Waals surface area contributed by atoms with Gasteiger partial charge in [0.25, 0.3) is 5.91 Å². The molecule has 1 atom stereocenters. The average molecular weight is 579 g/mol. The summed E-state index contributed by atoms with van der Waals surface area (Å²) >= 11 is 0. The molecule has 0 saturated heterocycles. The van der Waals surface area contributed by atoms with E-state index in [1.54, 1.807) is 11.5 Å². The number of aliphatic hydroxyl groups is 1.